The zero-order valence-electron chi connectivity index (χ0n) is 10.4. The number of aromatic nitrogens is 1. The van der Waals surface area contributed by atoms with E-state index in [1.54, 1.807) is 12.3 Å². The lowest BCUT2D eigenvalue weighted by Gasteiger charge is -2.06. The summed E-state index contributed by atoms with van der Waals surface area (Å²) in [5, 5.41) is 0.175. The summed E-state index contributed by atoms with van der Waals surface area (Å²) < 4.78 is 5.87. The number of rotatable bonds is 7. The summed E-state index contributed by atoms with van der Waals surface area (Å²) in [4.78, 5) is 15.6. The van der Waals surface area contributed by atoms with Gasteiger partial charge in [-0.2, -0.15) is 0 Å². The van der Waals surface area contributed by atoms with Gasteiger partial charge >= 0.3 is 5.97 Å². The van der Waals surface area contributed by atoms with E-state index in [-0.39, 0.29) is 5.15 Å². The average Bonchev–Trinajstić information content (AvgIpc) is 2.36. The third-order valence-electron chi connectivity index (χ3n) is 2.51. The Balaban J connectivity index is 2.34. The second-order valence-corrected chi connectivity index (χ2v) is 5.32. The third kappa shape index (κ3) is 5.36. The molecule has 1 aromatic heterocycles. The van der Waals surface area contributed by atoms with Crippen LogP contribution in [0.25, 0.3) is 0 Å². The number of carbonyl (C=O) groups is 1. The standard InChI is InChI=1S/C13H17BrClNO2/c1-2-3-4-5-6-7-18-13(17)11-8-10(14)9-16-12(11)15/h8-9H,2-7H2,1H3. The molecule has 100 valence electrons. The zero-order valence-corrected chi connectivity index (χ0v) is 12.8. The van der Waals surface area contributed by atoms with E-state index in [1.165, 1.54) is 19.3 Å². The van der Waals surface area contributed by atoms with Crippen molar-refractivity contribution in [2.45, 2.75) is 39.0 Å². The van der Waals surface area contributed by atoms with E-state index in [1.807, 2.05) is 0 Å². The van der Waals surface area contributed by atoms with Crippen LogP contribution in [0.1, 0.15) is 49.4 Å². The lowest BCUT2D eigenvalue weighted by Crippen LogP contribution is -2.08. The van der Waals surface area contributed by atoms with Crippen LogP contribution in [0.15, 0.2) is 16.7 Å². The molecule has 0 aliphatic rings. The van der Waals surface area contributed by atoms with Gasteiger partial charge in [0.2, 0.25) is 0 Å². The van der Waals surface area contributed by atoms with Crippen LogP contribution in [-0.2, 0) is 4.74 Å². The maximum atomic E-state index is 11.7. The van der Waals surface area contributed by atoms with Crippen LogP contribution in [0.3, 0.4) is 0 Å². The highest BCUT2D eigenvalue weighted by Gasteiger charge is 2.13. The highest BCUT2D eigenvalue weighted by Crippen LogP contribution is 2.19. The molecule has 1 rings (SSSR count). The van der Waals surface area contributed by atoms with Crippen LogP contribution in [0.5, 0.6) is 0 Å². The Labute approximate surface area is 121 Å². The normalized spacial score (nSPS) is 10.4. The number of hydrogen-bond acceptors (Lipinski definition) is 3. The molecule has 1 heterocycles. The van der Waals surface area contributed by atoms with Crippen molar-refractivity contribution in [2.24, 2.45) is 0 Å². The second kappa shape index (κ2) is 8.48. The Bertz CT molecular complexity index is 399. The Morgan fingerprint density at radius 1 is 1.39 bits per heavy atom. The van der Waals surface area contributed by atoms with E-state index in [2.05, 4.69) is 27.8 Å². The van der Waals surface area contributed by atoms with Crippen molar-refractivity contribution in [2.75, 3.05) is 6.61 Å². The molecule has 3 nitrogen and oxygen atoms in total. The number of pyridine rings is 1. The topological polar surface area (TPSA) is 39.2 Å². The van der Waals surface area contributed by atoms with Gasteiger partial charge in [0.05, 0.1) is 12.2 Å². The van der Waals surface area contributed by atoms with Crippen LogP contribution in [-0.4, -0.2) is 17.6 Å². The molecule has 0 saturated carbocycles. The Morgan fingerprint density at radius 2 is 2.11 bits per heavy atom. The molecule has 0 aliphatic heterocycles. The van der Waals surface area contributed by atoms with E-state index in [0.717, 1.165) is 12.8 Å². The van der Waals surface area contributed by atoms with Crippen LogP contribution in [0.4, 0.5) is 0 Å². The molecule has 0 atom stereocenters. The number of nitrogens with zero attached hydrogens (tertiary/aromatic N) is 1. The minimum absolute atomic E-state index is 0.175. The van der Waals surface area contributed by atoms with E-state index in [0.29, 0.717) is 16.6 Å². The maximum Gasteiger partial charge on any atom is 0.341 e. The fourth-order valence-electron chi connectivity index (χ4n) is 1.51. The minimum Gasteiger partial charge on any atom is -0.462 e. The van der Waals surface area contributed by atoms with Crippen LogP contribution < -0.4 is 0 Å². The molecule has 0 spiro atoms. The highest BCUT2D eigenvalue weighted by atomic mass is 79.9. The Kier molecular flexibility index (Phi) is 7.28. The molecule has 0 aromatic carbocycles. The molecule has 0 radical (unpaired) electrons. The van der Waals surface area contributed by atoms with Gasteiger partial charge < -0.3 is 4.74 Å². The van der Waals surface area contributed by atoms with Crippen LogP contribution in [0.2, 0.25) is 5.15 Å². The summed E-state index contributed by atoms with van der Waals surface area (Å²) in [7, 11) is 0. The molecular formula is C13H17BrClNO2. The minimum atomic E-state index is -0.413. The molecule has 0 fully saturated rings. The SMILES string of the molecule is CCCCCCCOC(=O)c1cc(Br)cnc1Cl. The summed E-state index contributed by atoms with van der Waals surface area (Å²) in [5.41, 5.74) is 0.305. The van der Waals surface area contributed by atoms with E-state index in [9.17, 15) is 4.79 Å². The molecule has 0 saturated heterocycles. The quantitative estimate of drug-likeness (QED) is 0.415. The molecule has 1 aromatic rings. The molecule has 0 amide bonds. The van der Waals surface area contributed by atoms with Crippen molar-refractivity contribution in [1.82, 2.24) is 4.98 Å². The molecule has 18 heavy (non-hydrogen) atoms. The van der Waals surface area contributed by atoms with Crippen molar-refractivity contribution in [3.63, 3.8) is 0 Å². The van der Waals surface area contributed by atoms with Gasteiger partial charge in [-0.25, -0.2) is 9.78 Å². The van der Waals surface area contributed by atoms with Crippen LogP contribution >= 0.6 is 27.5 Å². The first kappa shape index (κ1) is 15.4. The summed E-state index contributed by atoms with van der Waals surface area (Å²) in [5.74, 6) is -0.413. The first-order valence-electron chi connectivity index (χ1n) is 6.13. The van der Waals surface area contributed by atoms with E-state index < -0.39 is 5.97 Å². The van der Waals surface area contributed by atoms with E-state index >= 15 is 0 Å². The fourth-order valence-corrected chi connectivity index (χ4v) is 2.03. The maximum absolute atomic E-state index is 11.7. The lowest BCUT2D eigenvalue weighted by atomic mass is 10.2. The molecule has 0 N–H and O–H groups in total. The smallest absolute Gasteiger partial charge is 0.341 e. The van der Waals surface area contributed by atoms with Gasteiger partial charge in [-0.15, -0.1) is 0 Å². The highest BCUT2D eigenvalue weighted by molar-refractivity contribution is 9.10. The zero-order chi connectivity index (χ0) is 13.4. The Morgan fingerprint density at radius 3 is 2.83 bits per heavy atom. The van der Waals surface area contributed by atoms with Crippen molar-refractivity contribution >= 4 is 33.5 Å². The number of carbonyl (C=O) groups excluding carboxylic acids is 1. The molecule has 0 aliphatic carbocycles. The number of hydrogen-bond donors (Lipinski definition) is 0. The van der Waals surface area contributed by atoms with Crippen molar-refractivity contribution in [3.05, 3.63) is 27.5 Å². The first-order chi connectivity index (χ1) is 8.65. The van der Waals surface area contributed by atoms with Gasteiger partial charge in [0.25, 0.3) is 0 Å². The summed E-state index contributed by atoms with van der Waals surface area (Å²) in [6, 6.07) is 1.62. The molecule has 5 heteroatoms. The molecular weight excluding hydrogens is 318 g/mol. The number of ether oxygens (including phenoxy) is 1. The predicted molar refractivity (Wildman–Crippen MR) is 76.0 cm³/mol. The summed E-state index contributed by atoms with van der Waals surface area (Å²) in [6.07, 6.45) is 7.15. The van der Waals surface area contributed by atoms with Gasteiger partial charge in [0.15, 0.2) is 0 Å². The van der Waals surface area contributed by atoms with Crippen molar-refractivity contribution in [3.8, 4) is 0 Å². The van der Waals surface area contributed by atoms with Gasteiger partial charge in [0.1, 0.15) is 5.15 Å². The first-order valence-corrected chi connectivity index (χ1v) is 7.30. The van der Waals surface area contributed by atoms with Crippen molar-refractivity contribution < 1.29 is 9.53 Å². The number of halogens is 2. The summed E-state index contributed by atoms with van der Waals surface area (Å²) >= 11 is 9.09. The van der Waals surface area contributed by atoms with Gasteiger partial charge in [0, 0.05) is 10.7 Å². The second-order valence-electron chi connectivity index (χ2n) is 4.04. The van der Waals surface area contributed by atoms with Crippen LogP contribution in [0, 0.1) is 0 Å². The van der Waals surface area contributed by atoms with Gasteiger partial charge in [-0.1, -0.05) is 44.2 Å². The lowest BCUT2D eigenvalue weighted by molar-refractivity contribution is 0.0497. The van der Waals surface area contributed by atoms with Gasteiger partial charge in [-0.05, 0) is 28.4 Å². The average molecular weight is 335 g/mol. The van der Waals surface area contributed by atoms with E-state index in [4.69, 9.17) is 16.3 Å². The monoisotopic (exact) mass is 333 g/mol. The largest absolute Gasteiger partial charge is 0.462 e. The van der Waals surface area contributed by atoms with Gasteiger partial charge in [-0.3, -0.25) is 0 Å². The number of unbranched alkanes of at least 4 members (excludes halogenated alkanes) is 4. The summed E-state index contributed by atoms with van der Waals surface area (Å²) in [6.45, 7) is 2.60. The molecule has 0 unspecified atom stereocenters. The number of esters is 1. The molecule has 0 bridgehead atoms. The fraction of sp³-hybridized carbons (Fsp3) is 0.538. The predicted octanol–water partition coefficient (Wildman–Crippen LogP) is 4.62. The third-order valence-corrected chi connectivity index (χ3v) is 3.24. The Hall–Kier alpha value is -0.610. The van der Waals surface area contributed by atoms with Crippen molar-refractivity contribution in [1.29, 1.82) is 0 Å².